The number of ether oxygens (including phenoxy) is 2. The molecular weight excluding hydrogens is 472 g/mol. The van der Waals surface area contributed by atoms with Crippen LogP contribution in [0.3, 0.4) is 0 Å². The zero-order valence-corrected chi connectivity index (χ0v) is 21.9. The third-order valence-corrected chi connectivity index (χ3v) is 6.24. The first-order chi connectivity index (χ1) is 17.6. The fourth-order valence-electron chi connectivity index (χ4n) is 4.42. The smallest absolute Gasteiger partial charge is 0.410 e. The minimum absolute atomic E-state index is 0.0221. The van der Waals surface area contributed by atoms with Crippen LogP contribution in [0.15, 0.2) is 46.9 Å². The lowest BCUT2D eigenvalue weighted by Crippen LogP contribution is -2.40. The summed E-state index contributed by atoms with van der Waals surface area (Å²) in [6.07, 6.45) is 1.23. The van der Waals surface area contributed by atoms with Crippen molar-refractivity contribution in [1.29, 1.82) is 0 Å². The van der Waals surface area contributed by atoms with Crippen LogP contribution in [0.4, 0.5) is 4.79 Å². The molecule has 0 bridgehead atoms. The van der Waals surface area contributed by atoms with E-state index in [2.05, 4.69) is 4.98 Å². The Morgan fingerprint density at radius 1 is 1.08 bits per heavy atom. The Morgan fingerprint density at radius 3 is 2.54 bits per heavy atom. The van der Waals surface area contributed by atoms with Crippen molar-refractivity contribution in [3.63, 3.8) is 0 Å². The van der Waals surface area contributed by atoms with Crippen molar-refractivity contribution in [3.05, 3.63) is 70.6 Å². The maximum absolute atomic E-state index is 12.7. The first-order valence-electron chi connectivity index (χ1n) is 12.6. The van der Waals surface area contributed by atoms with Gasteiger partial charge in [-0.15, -0.1) is 0 Å². The lowest BCUT2D eigenvalue weighted by molar-refractivity contribution is -0.136. The Balaban J connectivity index is 1.49. The van der Waals surface area contributed by atoms with Gasteiger partial charge in [-0.3, -0.25) is 4.79 Å². The van der Waals surface area contributed by atoms with Crippen LogP contribution in [0.1, 0.15) is 55.3 Å². The number of aliphatic carboxylic acids is 1. The number of fused-ring (bicyclic) bond motifs is 1. The first kappa shape index (κ1) is 26.3. The van der Waals surface area contributed by atoms with Crippen LogP contribution in [-0.4, -0.2) is 45.8 Å². The van der Waals surface area contributed by atoms with Crippen LogP contribution in [0.5, 0.6) is 5.75 Å². The van der Waals surface area contributed by atoms with Gasteiger partial charge < -0.3 is 23.9 Å². The molecule has 8 heteroatoms. The van der Waals surface area contributed by atoms with E-state index in [9.17, 15) is 14.7 Å². The van der Waals surface area contributed by atoms with Gasteiger partial charge in [0.25, 0.3) is 0 Å². The Hall–Kier alpha value is -3.81. The van der Waals surface area contributed by atoms with Crippen molar-refractivity contribution >= 4 is 12.1 Å². The van der Waals surface area contributed by atoms with Gasteiger partial charge in [0.1, 0.15) is 17.1 Å². The molecule has 0 fully saturated rings. The number of hydrogen-bond acceptors (Lipinski definition) is 6. The first-order valence-corrected chi connectivity index (χ1v) is 12.6. The second-order valence-corrected chi connectivity index (χ2v) is 10.2. The number of carbonyl (C=O) groups excluding carboxylic acids is 1. The number of nitrogens with zero attached hydrogens (tertiary/aromatic N) is 2. The third-order valence-electron chi connectivity index (χ3n) is 6.24. The van der Waals surface area contributed by atoms with Crippen LogP contribution in [0, 0.1) is 6.92 Å². The van der Waals surface area contributed by atoms with E-state index in [1.807, 2.05) is 70.2 Å². The van der Waals surface area contributed by atoms with Gasteiger partial charge in [0, 0.05) is 37.1 Å². The zero-order valence-electron chi connectivity index (χ0n) is 21.9. The normalized spacial score (nSPS) is 13.2. The summed E-state index contributed by atoms with van der Waals surface area (Å²) < 4.78 is 17.6. The topological polar surface area (TPSA) is 102 Å². The number of oxazole rings is 1. The lowest BCUT2D eigenvalue weighted by atomic mass is 9.92. The number of aryl methyl sites for hydroxylation is 2. The fourth-order valence-corrected chi connectivity index (χ4v) is 4.42. The molecule has 1 N–H and O–H groups in total. The van der Waals surface area contributed by atoms with E-state index in [0.717, 1.165) is 39.5 Å². The summed E-state index contributed by atoms with van der Waals surface area (Å²) in [6, 6.07) is 13.6. The predicted octanol–water partition coefficient (Wildman–Crippen LogP) is 5.58. The minimum Gasteiger partial charge on any atom is -0.493 e. The molecule has 1 aliphatic heterocycles. The summed E-state index contributed by atoms with van der Waals surface area (Å²) in [5.74, 6) is 1.26. The Morgan fingerprint density at radius 2 is 1.84 bits per heavy atom. The lowest BCUT2D eigenvalue weighted by Gasteiger charge is -2.33. The quantitative estimate of drug-likeness (QED) is 0.425. The van der Waals surface area contributed by atoms with Gasteiger partial charge in [-0.05, 0) is 69.9 Å². The third kappa shape index (κ3) is 6.70. The second-order valence-electron chi connectivity index (χ2n) is 10.2. The summed E-state index contributed by atoms with van der Waals surface area (Å²) >= 11 is 0. The van der Waals surface area contributed by atoms with Crippen LogP contribution < -0.4 is 4.74 Å². The number of carbonyl (C=O) groups is 2. The average Bonchev–Trinajstić information content (AvgIpc) is 3.22. The molecule has 0 aliphatic carbocycles. The number of carboxylic acids is 1. The minimum atomic E-state index is -0.855. The van der Waals surface area contributed by atoms with E-state index in [-0.39, 0.29) is 12.5 Å². The summed E-state index contributed by atoms with van der Waals surface area (Å²) in [4.78, 5) is 30.2. The number of hydrogen-bond donors (Lipinski definition) is 1. The van der Waals surface area contributed by atoms with Crippen molar-refractivity contribution in [2.24, 2.45) is 0 Å². The molecule has 0 saturated heterocycles. The van der Waals surface area contributed by atoms with E-state index < -0.39 is 11.6 Å². The molecule has 0 saturated carbocycles. The average molecular weight is 507 g/mol. The molecule has 0 spiro atoms. The maximum Gasteiger partial charge on any atom is 0.410 e. The van der Waals surface area contributed by atoms with E-state index in [1.54, 1.807) is 4.90 Å². The van der Waals surface area contributed by atoms with Gasteiger partial charge in [-0.25, -0.2) is 9.78 Å². The van der Waals surface area contributed by atoms with Crippen LogP contribution in [0.25, 0.3) is 11.5 Å². The maximum atomic E-state index is 12.7. The highest BCUT2D eigenvalue weighted by Crippen LogP contribution is 2.33. The van der Waals surface area contributed by atoms with Crippen molar-refractivity contribution in [2.75, 3.05) is 13.2 Å². The van der Waals surface area contributed by atoms with Gasteiger partial charge in [-0.1, -0.05) is 24.3 Å². The van der Waals surface area contributed by atoms with Gasteiger partial charge in [-0.2, -0.15) is 0 Å². The molecular formula is C29H34N2O6. The monoisotopic (exact) mass is 506 g/mol. The highest BCUT2D eigenvalue weighted by molar-refractivity contribution is 5.69. The van der Waals surface area contributed by atoms with Crippen molar-refractivity contribution in [1.82, 2.24) is 9.88 Å². The molecule has 2 aromatic carbocycles. The number of aromatic nitrogens is 1. The van der Waals surface area contributed by atoms with Gasteiger partial charge in [0.05, 0.1) is 12.3 Å². The Bertz CT molecular complexity index is 1260. The molecule has 37 heavy (non-hydrogen) atoms. The van der Waals surface area contributed by atoms with Crippen LogP contribution in [-0.2, 0) is 35.3 Å². The van der Waals surface area contributed by atoms with E-state index >= 15 is 0 Å². The van der Waals surface area contributed by atoms with E-state index in [1.165, 1.54) is 0 Å². The second kappa shape index (κ2) is 11.1. The molecule has 4 rings (SSSR count). The van der Waals surface area contributed by atoms with E-state index in [0.29, 0.717) is 44.8 Å². The number of amides is 1. The van der Waals surface area contributed by atoms with Crippen molar-refractivity contribution in [3.8, 4) is 17.2 Å². The summed E-state index contributed by atoms with van der Waals surface area (Å²) in [5.41, 5.74) is 4.07. The number of carboxylic acid groups (broad SMARTS) is 1. The fraction of sp³-hybridized carbons (Fsp3) is 0.414. The number of benzene rings is 2. The molecule has 1 amide bonds. The highest BCUT2D eigenvalue weighted by Gasteiger charge is 2.29. The zero-order chi connectivity index (χ0) is 26.6. The summed E-state index contributed by atoms with van der Waals surface area (Å²) in [6.45, 7) is 8.70. The van der Waals surface area contributed by atoms with Crippen molar-refractivity contribution in [2.45, 2.75) is 65.5 Å². The standard InChI is InChI=1S/C29H34N2O6/c1-19-24(30-27(36-19)21-8-6-5-7-9-21)15-17-35-25-12-10-20(11-13-26(32)33)23-18-31(16-14-22(23)25)28(34)37-29(2,3)4/h5-10,12H,11,13-18H2,1-4H3,(H,32,33). The van der Waals surface area contributed by atoms with Gasteiger partial charge in [0.2, 0.25) is 5.89 Å². The Labute approximate surface area is 217 Å². The molecule has 1 aromatic heterocycles. The molecule has 2 heterocycles. The molecule has 8 nitrogen and oxygen atoms in total. The molecule has 1 aliphatic rings. The molecule has 0 atom stereocenters. The van der Waals surface area contributed by atoms with Crippen LogP contribution >= 0.6 is 0 Å². The molecule has 3 aromatic rings. The summed E-state index contributed by atoms with van der Waals surface area (Å²) in [5, 5.41) is 9.20. The highest BCUT2D eigenvalue weighted by atomic mass is 16.6. The van der Waals surface area contributed by atoms with Gasteiger partial charge >= 0.3 is 12.1 Å². The number of rotatable bonds is 8. The molecule has 0 radical (unpaired) electrons. The van der Waals surface area contributed by atoms with Crippen molar-refractivity contribution < 1.29 is 28.6 Å². The largest absolute Gasteiger partial charge is 0.493 e. The Kier molecular flexibility index (Phi) is 7.86. The van der Waals surface area contributed by atoms with Crippen LogP contribution in [0.2, 0.25) is 0 Å². The SMILES string of the molecule is Cc1oc(-c2ccccc2)nc1CCOc1ccc(CCC(=O)O)c2c1CCN(C(=O)OC(C)(C)C)C2. The van der Waals surface area contributed by atoms with E-state index in [4.69, 9.17) is 13.9 Å². The molecule has 0 unspecified atom stereocenters. The summed E-state index contributed by atoms with van der Waals surface area (Å²) in [7, 11) is 0. The van der Waals surface area contributed by atoms with Gasteiger partial charge in [0.15, 0.2) is 0 Å². The predicted molar refractivity (Wildman–Crippen MR) is 139 cm³/mol. The molecule has 196 valence electrons.